The summed E-state index contributed by atoms with van der Waals surface area (Å²) in [6.45, 7) is 4.80. The molecular weight excluding hydrogens is 328 g/mol. The van der Waals surface area contributed by atoms with Crippen LogP contribution in [-0.4, -0.2) is 5.11 Å². The van der Waals surface area contributed by atoms with E-state index in [1.165, 1.54) is 107 Å². The Bertz CT molecular complexity index is 580. The maximum Gasteiger partial charge on any atom is 0.115 e. The number of hydrogen-bond acceptors (Lipinski definition) is 1. The van der Waals surface area contributed by atoms with E-state index in [4.69, 9.17) is 0 Å². The molecule has 2 aliphatic carbocycles. The van der Waals surface area contributed by atoms with E-state index >= 15 is 0 Å². The van der Waals surface area contributed by atoms with Gasteiger partial charge < -0.3 is 5.11 Å². The molecule has 2 saturated carbocycles. The third-order valence-electron chi connectivity index (χ3n) is 7.63. The monoisotopic (exact) mass is 370 g/mol. The average Bonchev–Trinajstić information content (AvgIpc) is 3.58. The molecule has 1 nitrogen and oxygen atoms in total. The molecule has 0 heterocycles. The summed E-state index contributed by atoms with van der Waals surface area (Å²) < 4.78 is 0. The van der Waals surface area contributed by atoms with Crippen LogP contribution in [0.4, 0.5) is 0 Å². The van der Waals surface area contributed by atoms with E-state index in [1.807, 2.05) is 12.1 Å². The molecule has 0 aliphatic heterocycles. The van der Waals surface area contributed by atoms with Crippen LogP contribution in [0.2, 0.25) is 0 Å². The lowest BCUT2D eigenvalue weighted by Crippen LogP contribution is -1.98. The van der Waals surface area contributed by atoms with Crippen molar-refractivity contribution in [2.24, 2.45) is 10.8 Å². The Morgan fingerprint density at radius 2 is 1.41 bits per heavy atom. The van der Waals surface area contributed by atoms with Crippen LogP contribution in [0.1, 0.15) is 115 Å². The van der Waals surface area contributed by atoms with Crippen molar-refractivity contribution in [1.82, 2.24) is 0 Å². The normalized spacial score (nSPS) is 19.2. The molecule has 0 atom stereocenters. The van der Waals surface area contributed by atoms with Gasteiger partial charge in [-0.15, -0.1) is 0 Å². The van der Waals surface area contributed by atoms with Crippen molar-refractivity contribution < 1.29 is 5.11 Å². The molecular formula is C26H42O. The third kappa shape index (κ3) is 6.84. The van der Waals surface area contributed by atoms with E-state index in [0.29, 0.717) is 11.2 Å². The van der Waals surface area contributed by atoms with Crippen LogP contribution in [0.25, 0.3) is 0 Å². The van der Waals surface area contributed by atoms with Crippen molar-refractivity contribution in [1.29, 1.82) is 0 Å². The van der Waals surface area contributed by atoms with Gasteiger partial charge in [-0.3, -0.25) is 0 Å². The Kier molecular flexibility index (Phi) is 7.29. The molecule has 3 rings (SSSR count). The molecule has 2 fully saturated rings. The van der Waals surface area contributed by atoms with Crippen molar-refractivity contribution in [2.45, 2.75) is 117 Å². The number of rotatable bonds is 14. The van der Waals surface area contributed by atoms with Crippen LogP contribution < -0.4 is 0 Å². The average molecular weight is 371 g/mol. The number of benzene rings is 1. The largest absolute Gasteiger partial charge is 0.508 e. The molecule has 1 aromatic carbocycles. The molecule has 1 aromatic rings. The van der Waals surface area contributed by atoms with E-state index in [9.17, 15) is 5.11 Å². The SMILES string of the molecule is CCC1(CCCCCCc2ccc(O)cc2CCCCCC2(C)CC2)CC1. The zero-order valence-corrected chi connectivity index (χ0v) is 18.0. The van der Waals surface area contributed by atoms with E-state index < -0.39 is 0 Å². The van der Waals surface area contributed by atoms with Gasteiger partial charge in [0.2, 0.25) is 0 Å². The van der Waals surface area contributed by atoms with Crippen molar-refractivity contribution in [3.05, 3.63) is 29.3 Å². The first-order valence-electron chi connectivity index (χ1n) is 11.9. The van der Waals surface area contributed by atoms with Crippen LogP contribution in [-0.2, 0) is 12.8 Å². The third-order valence-corrected chi connectivity index (χ3v) is 7.63. The summed E-state index contributed by atoms with van der Waals surface area (Å²) >= 11 is 0. The lowest BCUT2D eigenvalue weighted by molar-refractivity contribution is 0.420. The first kappa shape index (κ1) is 20.7. The number of phenols is 1. The lowest BCUT2D eigenvalue weighted by Gasteiger charge is -2.13. The highest BCUT2D eigenvalue weighted by Crippen LogP contribution is 2.52. The first-order chi connectivity index (χ1) is 13.0. The maximum absolute atomic E-state index is 9.90. The highest BCUT2D eigenvalue weighted by atomic mass is 16.3. The van der Waals surface area contributed by atoms with Crippen molar-refractivity contribution in [3.63, 3.8) is 0 Å². The zero-order chi connectivity index (χ0) is 19.2. The second-order valence-electron chi connectivity index (χ2n) is 10.1. The van der Waals surface area contributed by atoms with Gasteiger partial charge in [-0.2, -0.15) is 0 Å². The fourth-order valence-corrected chi connectivity index (χ4v) is 4.72. The van der Waals surface area contributed by atoms with Gasteiger partial charge in [0.15, 0.2) is 0 Å². The molecule has 152 valence electrons. The Morgan fingerprint density at radius 3 is 2.07 bits per heavy atom. The summed E-state index contributed by atoms with van der Waals surface area (Å²) in [5.74, 6) is 0.438. The lowest BCUT2D eigenvalue weighted by atomic mass is 9.93. The summed E-state index contributed by atoms with van der Waals surface area (Å²) in [6.07, 6.45) is 21.9. The van der Waals surface area contributed by atoms with Gasteiger partial charge in [0.05, 0.1) is 0 Å². The number of aromatic hydroxyl groups is 1. The summed E-state index contributed by atoms with van der Waals surface area (Å²) in [5.41, 5.74) is 4.35. The molecule has 1 N–H and O–H groups in total. The molecule has 1 heteroatoms. The Labute approximate surface area is 168 Å². The molecule has 0 radical (unpaired) electrons. The number of hydrogen-bond donors (Lipinski definition) is 1. The standard InChI is InChI=1S/C26H42O/c1-3-26(19-20-26)16-10-5-4-7-11-22-13-14-24(27)21-23(22)12-8-6-9-15-25(2)17-18-25/h13-14,21,27H,3-12,15-20H2,1-2H3. The highest BCUT2D eigenvalue weighted by Gasteiger charge is 2.39. The fraction of sp³-hybridized carbons (Fsp3) is 0.769. The van der Waals surface area contributed by atoms with Crippen LogP contribution >= 0.6 is 0 Å². The summed E-state index contributed by atoms with van der Waals surface area (Å²) in [6, 6.07) is 6.08. The molecule has 0 amide bonds. The van der Waals surface area contributed by atoms with Crippen molar-refractivity contribution >= 4 is 0 Å². The van der Waals surface area contributed by atoms with Crippen molar-refractivity contribution in [2.75, 3.05) is 0 Å². The predicted octanol–water partition coefficient (Wildman–Crippen LogP) is 7.98. The smallest absolute Gasteiger partial charge is 0.115 e. The minimum Gasteiger partial charge on any atom is -0.508 e. The molecule has 0 aromatic heterocycles. The van der Waals surface area contributed by atoms with Gasteiger partial charge in [0, 0.05) is 0 Å². The summed E-state index contributed by atoms with van der Waals surface area (Å²) in [5, 5.41) is 9.90. The second-order valence-corrected chi connectivity index (χ2v) is 10.1. The molecule has 0 spiro atoms. The van der Waals surface area contributed by atoms with Crippen LogP contribution in [0, 0.1) is 10.8 Å². The van der Waals surface area contributed by atoms with E-state index in [0.717, 1.165) is 11.8 Å². The first-order valence-corrected chi connectivity index (χ1v) is 11.9. The minimum atomic E-state index is 0.438. The topological polar surface area (TPSA) is 20.2 Å². The Morgan fingerprint density at radius 1 is 0.778 bits per heavy atom. The highest BCUT2D eigenvalue weighted by molar-refractivity contribution is 5.35. The van der Waals surface area contributed by atoms with Gasteiger partial charge in [-0.25, -0.2) is 0 Å². The molecule has 0 bridgehead atoms. The van der Waals surface area contributed by atoms with Crippen LogP contribution in [0.15, 0.2) is 18.2 Å². The van der Waals surface area contributed by atoms with E-state index in [2.05, 4.69) is 19.9 Å². The number of aryl methyl sites for hydroxylation is 2. The zero-order valence-electron chi connectivity index (χ0n) is 18.0. The van der Waals surface area contributed by atoms with Crippen LogP contribution in [0.5, 0.6) is 5.75 Å². The van der Waals surface area contributed by atoms with Gasteiger partial charge in [-0.1, -0.05) is 58.4 Å². The summed E-state index contributed by atoms with van der Waals surface area (Å²) in [4.78, 5) is 0. The Balaban J connectivity index is 1.32. The number of unbranched alkanes of at least 4 members (excludes halogenated alkanes) is 5. The predicted molar refractivity (Wildman–Crippen MR) is 116 cm³/mol. The van der Waals surface area contributed by atoms with Gasteiger partial charge in [0.1, 0.15) is 5.75 Å². The molecule has 0 saturated heterocycles. The van der Waals surface area contributed by atoms with Gasteiger partial charge in [-0.05, 0) is 98.3 Å². The Hall–Kier alpha value is -0.980. The van der Waals surface area contributed by atoms with Crippen molar-refractivity contribution in [3.8, 4) is 5.75 Å². The second kappa shape index (κ2) is 9.48. The van der Waals surface area contributed by atoms with Gasteiger partial charge in [0.25, 0.3) is 0 Å². The number of phenolic OH excluding ortho intramolecular Hbond substituents is 1. The maximum atomic E-state index is 9.90. The summed E-state index contributed by atoms with van der Waals surface area (Å²) in [7, 11) is 0. The molecule has 0 unspecified atom stereocenters. The van der Waals surface area contributed by atoms with Gasteiger partial charge >= 0.3 is 0 Å². The van der Waals surface area contributed by atoms with E-state index in [1.54, 1.807) is 0 Å². The minimum absolute atomic E-state index is 0.438. The van der Waals surface area contributed by atoms with E-state index in [-0.39, 0.29) is 0 Å². The fourth-order valence-electron chi connectivity index (χ4n) is 4.72. The quantitative estimate of drug-likeness (QED) is 0.329. The molecule has 2 aliphatic rings. The van der Waals surface area contributed by atoms with Crippen LogP contribution in [0.3, 0.4) is 0 Å². The molecule has 27 heavy (non-hydrogen) atoms.